The van der Waals surface area contributed by atoms with Crippen LogP contribution in [0.15, 0.2) is 52.9 Å². The van der Waals surface area contributed by atoms with E-state index in [-0.39, 0.29) is 28.7 Å². The van der Waals surface area contributed by atoms with Gasteiger partial charge in [-0.25, -0.2) is 0 Å². The molecule has 1 saturated carbocycles. The number of furan rings is 1. The Morgan fingerprint density at radius 1 is 1.07 bits per heavy atom. The molecule has 146 valence electrons. The molecule has 1 aliphatic carbocycles. The lowest BCUT2D eigenvalue weighted by atomic mass is 9.93. The molecule has 0 atom stereocenters. The quantitative estimate of drug-likeness (QED) is 0.529. The third kappa shape index (κ3) is 3.35. The van der Waals surface area contributed by atoms with Crippen LogP contribution in [0.1, 0.15) is 30.4 Å². The molecule has 1 fully saturated rings. The first kappa shape index (κ1) is 18.5. The summed E-state index contributed by atoms with van der Waals surface area (Å²) >= 11 is 0. The summed E-state index contributed by atoms with van der Waals surface area (Å²) in [5, 5.41) is 14.2. The summed E-state index contributed by atoms with van der Waals surface area (Å²) in [7, 11) is 0. The van der Waals surface area contributed by atoms with Crippen LogP contribution >= 0.6 is 0 Å². The molecule has 28 heavy (non-hydrogen) atoms. The molecule has 6 heteroatoms. The van der Waals surface area contributed by atoms with Crippen molar-refractivity contribution in [2.24, 2.45) is 0 Å². The first-order valence-electron chi connectivity index (χ1n) is 9.20. The van der Waals surface area contributed by atoms with E-state index >= 15 is 0 Å². The minimum absolute atomic E-state index is 0.157. The number of anilines is 1. The summed E-state index contributed by atoms with van der Waals surface area (Å²) in [4.78, 5) is 0. The second-order valence-corrected chi connectivity index (χ2v) is 7.15. The summed E-state index contributed by atoms with van der Waals surface area (Å²) in [6.07, 6.45) is -1.45. The monoisotopic (exact) mass is 387 g/mol. The molecular formula is C22H20F3NO2. The van der Waals surface area contributed by atoms with Crippen LogP contribution in [0.3, 0.4) is 0 Å². The summed E-state index contributed by atoms with van der Waals surface area (Å²) in [5.74, 6) is 0.405. The number of halogens is 3. The average Bonchev–Trinajstić information content (AvgIpc) is 2.94. The minimum atomic E-state index is -4.46. The zero-order valence-corrected chi connectivity index (χ0v) is 15.3. The van der Waals surface area contributed by atoms with Crippen molar-refractivity contribution in [1.82, 2.24) is 0 Å². The minimum Gasteiger partial charge on any atom is -0.504 e. The molecule has 3 nitrogen and oxygen atoms in total. The highest BCUT2D eigenvalue weighted by Gasteiger charge is 2.32. The SMILES string of the molecule is Cc1ccccc1-c1oc(NC2CCC2)c(-c2cccc(C(F)(F)F)c2)c1O. The largest absolute Gasteiger partial charge is 0.504 e. The number of aryl methyl sites for hydroxylation is 1. The van der Waals surface area contributed by atoms with E-state index in [9.17, 15) is 18.3 Å². The molecule has 1 aromatic heterocycles. The van der Waals surface area contributed by atoms with Crippen molar-refractivity contribution in [1.29, 1.82) is 0 Å². The second kappa shape index (κ2) is 6.93. The van der Waals surface area contributed by atoms with E-state index in [1.54, 1.807) is 6.07 Å². The average molecular weight is 387 g/mol. The van der Waals surface area contributed by atoms with Gasteiger partial charge in [-0.1, -0.05) is 36.4 Å². The normalized spacial score (nSPS) is 14.7. The van der Waals surface area contributed by atoms with Crippen LogP contribution in [0, 0.1) is 6.92 Å². The van der Waals surface area contributed by atoms with Crippen molar-refractivity contribution >= 4 is 5.88 Å². The molecule has 2 aromatic carbocycles. The molecule has 1 aliphatic rings. The molecule has 0 bridgehead atoms. The number of alkyl halides is 3. The van der Waals surface area contributed by atoms with Gasteiger partial charge in [0, 0.05) is 11.6 Å². The summed E-state index contributed by atoms with van der Waals surface area (Å²) in [5.41, 5.74) is 1.36. The molecule has 3 aromatic rings. The molecular weight excluding hydrogens is 367 g/mol. The number of aromatic hydroxyl groups is 1. The lowest BCUT2D eigenvalue weighted by Crippen LogP contribution is -2.26. The number of rotatable bonds is 4. The van der Waals surface area contributed by atoms with E-state index in [2.05, 4.69) is 5.32 Å². The van der Waals surface area contributed by atoms with Crippen LogP contribution in [0.4, 0.5) is 19.1 Å². The van der Waals surface area contributed by atoms with Crippen molar-refractivity contribution in [3.63, 3.8) is 0 Å². The highest BCUT2D eigenvalue weighted by molar-refractivity contribution is 5.88. The Labute approximate surface area is 160 Å². The Morgan fingerprint density at radius 3 is 2.46 bits per heavy atom. The van der Waals surface area contributed by atoms with Gasteiger partial charge in [0.25, 0.3) is 0 Å². The first-order chi connectivity index (χ1) is 13.3. The van der Waals surface area contributed by atoms with Gasteiger partial charge in [-0.05, 0) is 49.4 Å². The fourth-order valence-electron chi connectivity index (χ4n) is 3.39. The maximum absolute atomic E-state index is 13.2. The lowest BCUT2D eigenvalue weighted by molar-refractivity contribution is -0.137. The molecule has 1 heterocycles. The van der Waals surface area contributed by atoms with Gasteiger partial charge in [0.1, 0.15) is 0 Å². The zero-order valence-electron chi connectivity index (χ0n) is 15.3. The molecule has 0 saturated heterocycles. The van der Waals surface area contributed by atoms with Crippen LogP contribution in [-0.4, -0.2) is 11.1 Å². The van der Waals surface area contributed by atoms with Gasteiger partial charge in [0.15, 0.2) is 11.5 Å². The third-order valence-corrected chi connectivity index (χ3v) is 5.19. The lowest BCUT2D eigenvalue weighted by Gasteiger charge is -2.26. The zero-order chi connectivity index (χ0) is 19.9. The van der Waals surface area contributed by atoms with Gasteiger partial charge in [0.2, 0.25) is 5.88 Å². The van der Waals surface area contributed by atoms with Crippen LogP contribution in [0.2, 0.25) is 0 Å². The molecule has 0 radical (unpaired) electrons. The van der Waals surface area contributed by atoms with Crippen molar-refractivity contribution in [2.75, 3.05) is 5.32 Å². The summed E-state index contributed by atoms with van der Waals surface area (Å²) in [6, 6.07) is 12.5. The summed E-state index contributed by atoms with van der Waals surface area (Å²) < 4.78 is 45.5. The Bertz CT molecular complexity index is 1000. The fraction of sp³-hybridized carbons (Fsp3) is 0.273. The van der Waals surface area contributed by atoms with Crippen LogP contribution in [-0.2, 0) is 6.18 Å². The van der Waals surface area contributed by atoms with Gasteiger partial charge >= 0.3 is 6.18 Å². The van der Waals surface area contributed by atoms with Gasteiger partial charge in [-0.2, -0.15) is 13.2 Å². The Morgan fingerprint density at radius 2 is 1.82 bits per heavy atom. The molecule has 0 spiro atoms. The Balaban J connectivity index is 1.87. The van der Waals surface area contributed by atoms with Crippen LogP contribution in [0.5, 0.6) is 5.75 Å². The van der Waals surface area contributed by atoms with E-state index in [1.807, 2.05) is 31.2 Å². The van der Waals surface area contributed by atoms with Crippen molar-refractivity contribution in [3.8, 4) is 28.2 Å². The maximum Gasteiger partial charge on any atom is 0.416 e. The molecule has 2 N–H and O–H groups in total. The highest BCUT2D eigenvalue weighted by Crippen LogP contribution is 2.48. The predicted molar refractivity (Wildman–Crippen MR) is 102 cm³/mol. The molecule has 0 unspecified atom stereocenters. The maximum atomic E-state index is 13.2. The van der Waals surface area contributed by atoms with E-state index in [1.165, 1.54) is 6.07 Å². The van der Waals surface area contributed by atoms with Crippen LogP contribution in [0.25, 0.3) is 22.5 Å². The molecule has 4 rings (SSSR count). The van der Waals surface area contributed by atoms with E-state index in [4.69, 9.17) is 4.42 Å². The Kier molecular flexibility index (Phi) is 4.57. The van der Waals surface area contributed by atoms with Crippen molar-refractivity contribution in [2.45, 2.75) is 38.4 Å². The third-order valence-electron chi connectivity index (χ3n) is 5.19. The highest BCUT2D eigenvalue weighted by atomic mass is 19.4. The Hall–Kier alpha value is -2.89. The molecule has 0 amide bonds. The van der Waals surface area contributed by atoms with Crippen molar-refractivity contribution in [3.05, 3.63) is 59.7 Å². The van der Waals surface area contributed by atoms with Gasteiger partial charge < -0.3 is 14.8 Å². The van der Waals surface area contributed by atoms with E-state index in [0.717, 1.165) is 37.0 Å². The standard InChI is InChI=1S/C22H20F3NO2/c1-13-6-2-3-11-17(13)20-19(27)18(21(28-20)26-16-9-5-10-16)14-7-4-8-15(12-14)22(23,24)25/h2-4,6-8,11-12,16,26-27H,5,9-10H2,1H3. The predicted octanol–water partition coefficient (Wildman–Crippen LogP) is 6.61. The number of benzene rings is 2. The van der Waals surface area contributed by atoms with Crippen LogP contribution < -0.4 is 5.32 Å². The second-order valence-electron chi connectivity index (χ2n) is 7.15. The number of hydrogen-bond donors (Lipinski definition) is 2. The van der Waals surface area contributed by atoms with Gasteiger partial charge in [-0.15, -0.1) is 0 Å². The summed E-state index contributed by atoms with van der Waals surface area (Å²) in [6.45, 7) is 1.89. The first-order valence-corrected chi connectivity index (χ1v) is 9.20. The topological polar surface area (TPSA) is 45.4 Å². The van der Waals surface area contributed by atoms with E-state index in [0.29, 0.717) is 11.4 Å². The number of hydrogen-bond acceptors (Lipinski definition) is 3. The number of nitrogens with one attached hydrogen (secondary N) is 1. The van der Waals surface area contributed by atoms with Gasteiger partial charge in [-0.3, -0.25) is 0 Å². The fourth-order valence-corrected chi connectivity index (χ4v) is 3.39. The molecule has 0 aliphatic heterocycles. The van der Waals surface area contributed by atoms with Crippen molar-refractivity contribution < 1.29 is 22.7 Å². The smallest absolute Gasteiger partial charge is 0.416 e. The van der Waals surface area contributed by atoms with E-state index < -0.39 is 11.7 Å². The van der Waals surface area contributed by atoms with Gasteiger partial charge in [0.05, 0.1) is 11.1 Å².